The Morgan fingerprint density at radius 2 is 1.94 bits per heavy atom. The second-order valence-electron chi connectivity index (χ2n) is 7.78. The zero-order valence-corrected chi connectivity index (χ0v) is 19.4. The van der Waals surface area contributed by atoms with Crippen molar-refractivity contribution in [2.24, 2.45) is 4.99 Å². The van der Waals surface area contributed by atoms with Gasteiger partial charge in [-0.2, -0.15) is 0 Å². The summed E-state index contributed by atoms with van der Waals surface area (Å²) in [7, 11) is 1.67. The molecule has 0 aromatic heterocycles. The van der Waals surface area contributed by atoms with Crippen LogP contribution in [0.3, 0.4) is 0 Å². The fourth-order valence-corrected chi connectivity index (χ4v) is 4.77. The number of carbonyl (C=O) groups is 1. The lowest BCUT2D eigenvalue weighted by molar-refractivity contribution is -0.122. The molecule has 2 heterocycles. The monoisotopic (exact) mass is 451 g/mol. The van der Waals surface area contributed by atoms with E-state index in [1.165, 1.54) is 17.4 Å². The standard InChI is InChI=1S/C25H29N3O3S/c1-19-17-22(27-12-15-31-16-13-27)10-9-20(19)18-23-24(29)28(11-6-14-30-2)25(32-23)26-21-7-4-3-5-8-21/h3-5,7-10,17-18H,6,11-16H2,1-2H3. The molecule has 2 aromatic carbocycles. The van der Waals surface area contributed by atoms with Crippen molar-refractivity contribution >= 4 is 40.3 Å². The number of ether oxygens (including phenoxy) is 2. The highest BCUT2D eigenvalue weighted by atomic mass is 32.2. The van der Waals surface area contributed by atoms with Crippen molar-refractivity contribution in [2.75, 3.05) is 51.5 Å². The fraction of sp³-hybridized carbons (Fsp3) is 0.360. The molecule has 1 amide bonds. The van der Waals surface area contributed by atoms with Crippen LogP contribution < -0.4 is 4.90 Å². The highest BCUT2D eigenvalue weighted by molar-refractivity contribution is 8.18. The Morgan fingerprint density at radius 3 is 2.66 bits per heavy atom. The Bertz CT molecular complexity index is 1000. The van der Waals surface area contributed by atoms with E-state index in [1.54, 1.807) is 12.0 Å². The van der Waals surface area contributed by atoms with E-state index in [0.29, 0.717) is 23.2 Å². The maximum absolute atomic E-state index is 13.2. The zero-order chi connectivity index (χ0) is 22.3. The maximum atomic E-state index is 13.2. The van der Waals surface area contributed by atoms with Crippen LogP contribution in [0, 0.1) is 6.92 Å². The van der Waals surface area contributed by atoms with Gasteiger partial charge in [-0.15, -0.1) is 0 Å². The Hall–Kier alpha value is -2.61. The molecule has 168 valence electrons. The van der Waals surface area contributed by atoms with Crippen molar-refractivity contribution in [1.82, 2.24) is 4.90 Å². The van der Waals surface area contributed by atoms with Gasteiger partial charge in [0.05, 0.1) is 23.8 Å². The number of amides is 1. The molecule has 0 N–H and O–H groups in total. The lowest BCUT2D eigenvalue weighted by atomic mass is 10.1. The smallest absolute Gasteiger partial charge is 0.266 e. The third-order valence-electron chi connectivity index (χ3n) is 5.52. The molecule has 32 heavy (non-hydrogen) atoms. The summed E-state index contributed by atoms with van der Waals surface area (Å²) in [5, 5.41) is 0.714. The van der Waals surface area contributed by atoms with E-state index in [9.17, 15) is 4.79 Å². The molecule has 2 aromatic rings. The van der Waals surface area contributed by atoms with Gasteiger partial charge in [-0.05, 0) is 66.6 Å². The summed E-state index contributed by atoms with van der Waals surface area (Å²) in [5.41, 5.74) is 4.24. The second kappa shape index (κ2) is 10.8. The normalized spacial score (nSPS) is 19.4. The second-order valence-corrected chi connectivity index (χ2v) is 8.79. The minimum absolute atomic E-state index is 0.00237. The first-order valence-electron chi connectivity index (χ1n) is 10.9. The van der Waals surface area contributed by atoms with Crippen LogP contribution in [0.15, 0.2) is 58.4 Å². The first-order chi connectivity index (χ1) is 15.7. The quantitative estimate of drug-likeness (QED) is 0.459. The first-order valence-corrected chi connectivity index (χ1v) is 11.7. The third kappa shape index (κ3) is 5.41. The Morgan fingerprint density at radius 1 is 1.16 bits per heavy atom. The van der Waals surface area contributed by atoms with Crippen molar-refractivity contribution in [3.05, 3.63) is 64.6 Å². The summed E-state index contributed by atoms with van der Waals surface area (Å²) >= 11 is 1.44. The van der Waals surface area contributed by atoms with E-state index in [0.717, 1.165) is 49.5 Å². The van der Waals surface area contributed by atoms with Gasteiger partial charge in [0.15, 0.2) is 5.17 Å². The maximum Gasteiger partial charge on any atom is 0.266 e. The Kier molecular flexibility index (Phi) is 7.63. The molecule has 4 rings (SSSR count). The molecule has 2 fully saturated rings. The summed E-state index contributed by atoms with van der Waals surface area (Å²) < 4.78 is 10.6. The van der Waals surface area contributed by atoms with Crippen molar-refractivity contribution in [2.45, 2.75) is 13.3 Å². The molecule has 7 heteroatoms. The fourth-order valence-electron chi connectivity index (χ4n) is 3.75. The molecule has 0 spiro atoms. The molecule has 2 aliphatic rings. The minimum atomic E-state index is -0.00237. The molecule has 2 saturated heterocycles. The zero-order valence-electron chi connectivity index (χ0n) is 18.6. The summed E-state index contributed by atoms with van der Waals surface area (Å²) in [6, 6.07) is 16.2. The molecular formula is C25H29N3O3S. The molecule has 2 aliphatic heterocycles. The molecule has 0 atom stereocenters. The van der Waals surface area contributed by atoms with Crippen molar-refractivity contribution in [3.63, 3.8) is 0 Å². The lowest BCUT2D eigenvalue weighted by Crippen LogP contribution is -2.36. The van der Waals surface area contributed by atoms with Gasteiger partial charge >= 0.3 is 0 Å². The third-order valence-corrected chi connectivity index (χ3v) is 6.52. The highest BCUT2D eigenvalue weighted by Gasteiger charge is 2.33. The molecule has 0 aliphatic carbocycles. The van der Waals surface area contributed by atoms with Crippen LogP contribution in [0.4, 0.5) is 11.4 Å². The Balaban J connectivity index is 1.58. The average Bonchev–Trinajstić information content (AvgIpc) is 3.10. The number of morpholine rings is 1. The first kappa shape index (κ1) is 22.6. The van der Waals surface area contributed by atoms with Gasteiger partial charge in [-0.3, -0.25) is 9.69 Å². The number of nitrogens with zero attached hydrogens (tertiary/aromatic N) is 3. The van der Waals surface area contributed by atoms with Gasteiger partial charge in [0, 0.05) is 39.0 Å². The van der Waals surface area contributed by atoms with E-state index in [-0.39, 0.29) is 5.91 Å². The molecule has 6 nitrogen and oxygen atoms in total. The number of benzene rings is 2. The predicted octanol–water partition coefficient (Wildman–Crippen LogP) is 4.47. The van der Waals surface area contributed by atoms with E-state index in [2.05, 4.69) is 30.0 Å². The molecular weight excluding hydrogens is 422 g/mol. The number of hydrogen-bond acceptors (Lipinski definition) is 6. The van der Waals surface area contributed by atoms with Crippen LogP contribution in [-0.2, 0) is 14.3 Å². The van der Waals surface area contributed by atoms with Crippen LogP contribution in [0.2, 0.25) is 0 Å². The van der Waals surface area contributed by atoms with Crippen LogP contribution in [0.25, 0.3) is 6.08 Å². The van der Waals surface area contributed by atoms with Crippen molar-refractivity contribution < 1.29 is 14.3 Å². The summed E-state index contributed by atoms with van der Waals surface area (Å²) in [4.78, 5) is 22.8. The van der Waals surface area contributed by atoms with Crippen LogP contribution in [0.5, 0.6) is 0 Å². The van der Waals surface area contributed by atoms with Crippen LogP contribution >= 0.6 is 11.8 Å². The van der Waals surface area contributed by atoms with Gasteiger partial charge in [-0.25, -0.2) is 4.99 Å². The molecule has 0 bridgehead atoms. The number of methoxy groups -OCH3 is 1. The predicted molar refractivity (Wildman–Crippen MR) is 132 cm³/mol. The number of amidine groups is 1. The topological polar surface area (TPSA) is 54.4 Å². The number of aryl methyl sites for hydroxylation is 1. The summed E-state index contributed by atoms with van der Waals surface area (Å²) in [5.74, 6) is -0.00237. The van der Waals surface area contributed by atoms with Crippen molar-refractivity contribution in [1.29, 1.82) is 0 Å². The number of thioether (sulfide) groups is 1. The number of hydrogen-bond donors (Lipinski definition) is 0. The number of para-hydroxylation sites is 1. The largest absolute Gasteiger partial charge is 0.385 e. The minimum Gasteiger partial charge on any atom is -0.385 e. The average molecular weight is 452 g/mol. The van der Waals surface area contributed by atoms with E-state index >= 15 is 0 Å². The van der Waals surface area contributed by atoms with E-state index in [1.807, 2.05) is 36.4 Å². The van der Waals surface area contributed by atoms with E-state index in [4.69, 9.17) is 14.5 Å². The number of anilines is 1. The van der Waals surface area contributed by atoms with Gasteiger partial charge in [0.25, 0.3) is 5.91 Å². The molecule has 0 saturated carbocycles. The van der Waals surface area contributed by atoms with Crippen LogP contribution in [0.1, 0.15) is 17.5 Å². The van der Waals surface area contributed by atoms with Gasteiger partial charge in [0.1, 0.15) is 0 Å². The number of rotatable bonds is 7. The van der Waals surface area contributed by atoms with Crippen LogP contribution in [-0.4, -0.2) is 62.5 Å². The summed E-state index contributed by atoms with van der Waals surface area (Å²) in [6.45, 7) is 6.62. The van der Waals surface area contributed by atoms with Gasteiger partial charge in [0.2, 0.25) is 0 Å². The van der Waals surface area contributed by atoms with E-state index < -0.39 is 0 Å². The number of aliphatic imine (C=N–C) groups is 1. The summed E-state index contributed by atoms with van der Waals surface area (Å²) in [6.07, 6.45) is 2.75. The SMILES string of the molecule is COCCCN1C(=O)C(=Cc2ccc(N3CCOCC3)cc2C)SC1=Nc1ccccc1. The highest BCUT2D eigenvalue weighted by Crippen LogP contribution is 2.35. The van der Waals surface area contributed by atoms with Gasteiger partial charge < -0.3 is 14.4 Å². The molecule has 0 unspecified atom stereocenters. The molecule has 0 radical (unpaired) electrons. The van der Waals surface area contributed by atoms with Gasteiger partial charge in [-0.1, -0.05) is 24.3 Å². The lowest BCUT2D eigenvalue weighted by Gasteiger charge is -2.29. The Labute approximate surface area is 193 Å². The van der Waals surface area contributed by atoms with Crippen molar-refractivity contribution in [3.8, 4) is 0 Å². The number of carbonyl (C=O) groups excluding carboxylic acids is 1.